The Bertz CT molecular complexity index is 510. The molecule has 0 aliphatic rings. The molecule has 1 atom stereocenters. The molecule has 0 radical (unpaired) electrons. The Kier molecular flexibility index (Phi) is 4.99. The number of benzene rings is 1. The van der Waals surface area contributed by atoms with Gasteiger partial charge in [-0.2, -0.15) is 5.10 Å². The van der Waals surface area contributed by atoms with E-state index in [-0.39, 0.29) is 0 Å². The highest BCUT2D eigenvalue weighted by molar-refractivity contribution is 7.98. The van der Waals surface area contributed by atoms with E-state index in [2.05, 4.69) is 17.0 Å². The minimum atomic E-state index is -0.532. The number of nitrogens with zero attached hydrogens (tertiary/aromatic N) is 3. The van der Waals surface area contributed by atoms with Gasteiger partial charge in [-0.05, 0) is 30.4 Å². The number of rotatable bonds is 6. The van der Waals surface area contributed by atoms with E-state index in [4.69, 9.17) is 0 Å². The summed E-state index contributed by atoms with van der Waals surface area (Å²) in [7, 11) is 0. The van der Waals surface area contributed by atoms with Gasteiger partial charge in [0.1, 0.15) is 12.2 Å². The largest absolute Gasteiger partial charge is 0.388 e. The fourth-order valence-corrected chi connectivity index (χ4v) is 2.37. The lowest BCUT2D eigenvalue weighted by Gasteiger charge is -2.11. The number of aliphatic hydroxyl groups is 1. The zero-order valence-electron chi connectivity index (χ0n) is 11.3. The second-order valence-corrected chi connectivity index (χ2v) is 5.27. The molecule has 0 aliphatic carbocycles. The maximum absolute atomic E-state index is 10.3. The Morgan fingerprint density at radius 1 is 1.32 bits per heavy atom. The van der Waals surface area contributed by atoms with Gasteiger partial charge in [0.05, 0.1) is 6.10 Å². The van der Waals surface area contributed by atoms with E-state index in [0.717, 1.165) is 24.4 Å². The molecule has 0 amide bonds. The summed E-state index contributed by atoms with van der Waals surface area (Å²) in [6.45, 7) is 2.94. The second kappa shape index (κ2) is 6.73. The molecule has 2 aromatic rings. The molecule has 1 unspecified atom stereocenters. The summed E-state index contributed by atoms with van der Waals surface area (Å²) in [5, 5.41) is 14.4. The Hall–Kier alpha value is -1.33. The fourth-order valence-electron chi connectivity index (χ4n) is 1.96. The smallest absolute Gasteiger partial charge is 0.138 e. The van der Waals surface area contributed by atoms with Gasteiger partial charge in [0.15, 0.2) is 0 Å². The Balaban J connectivity index is 2.06. The molecule has 1 aromatic heterocycles. The van der Waals surface area contributed by atoms with Gasteiger partial charge in [-0.1, -0.05) is 19.1 Å². The molecule has 1 heterocycles. The Morgan fingerprint density at radius 3 is 2.68 bits per heavy atom. The summed E-state index contributed by atoms with van der Waals surface area (Å²) in [6, 6.07) is 7.99. The van der Waals surface area contributed by atoms with Crippen molar-refractivity contribution >= 4 is 11.8 Å². The van der Waals surface area contributed by atoms with Crippen LogP contribution < -0.4 is 0 Å². The van der Waals surface area contributed by atoms with Gasteiger partial charge < -0.3 is 5.11 Å². The lowest BCUT2D eigenvalue weighted by Crippen LogP contribution is -2.10. The van der Waals surface area contributed by atoms with Crippen LogP contribution in [0.25, 0.3) is 0 Å². The standard InChI is InChI=1S/C14H19N3OS/c1-3-8-17-14(15-10-16-17)9-13(18)11-4-6-12(19-2)7-5-11/h4-7,10,13,18H,3,8-9H2,1-2H3. The van der Waals surface area contributed by atoms with Crippen molar-refractivity contribution < 1.29 is 5.11 Å². The minimum absolute atomic E-state index is 0.499. The van der Waals surface area contributed by atoms with Gasteiger partial charge in [-0.15, -0.1) is 11.8 Å². The summed E-state index contributed by atoms with van der Waals surface area (Å²) in [5.41, 5.74) is 0.920. The number of aliphatic hydroxyl groups excluding tert-OH is 1. The monoisotopic (exact) mass is 277 g/mol. The fraction of sp³-hybridized carbons (Fsp3) is 0.429. The number of aryl methyl sites for hydroxylation is 1. The average molecular weight is 277 g/mol. The molecule has 1 aromatic carbocycles. The topological polar surface area (TPSA) is 50.9 Å². The zero-order valence-corrected chi connectivity index (χ0v) is 12.1. The molecule has 0 aliphatic heterocycles. The van der Waals surface area contributed by atoms with Crippen LogP contribution in [-0.4, -0.2) is 26.1 Å². The van der Waals surface area contributed by atoms with Crippen LogP contribution >= 0.6 is 11.8 Å². The predicted octanol–water partition coefficient (Wildman–Crippen LogP) is 2.69. The van der Waals surface area contributed by atoms with Gasteiger partial charge >= 0.3 is 0 Å². The van der Waals surface area contributed by atoms with E-state index in [0.29, 0.717) is 6.42 Å². The molecule has 0 spiro atoms. The molecule has 5 heteroatoms. The van der Waals surface area contributed by atoms with Gasteiger partial charge in [-0.3, -0.25) is 4.68 Å². The summed E-state index contributed by atoms with van der Waals surface area (Å²) in [6.07, 6.45) is 4.57. The summed E-state index contributed by atoms with van der Waals surface area (Å²) in [4.78, 5) is 5.42. The maximum atomic E-state index is 10.3. The number of aromatic nitrogens is 3. The maximum Gasteiger partial charge on any atom is 0.138 e. The first-order chi connectivity index (χ1) is 9.24. The van der Waals surface area contributed by atoms with Crippen LogP contribution in [0.15, 0.2) is 35.5 Å². The van der Waals surface area contributed by atoms with Crippen molar-refractivity contribution in [3.8, 4) is 0 Å². The third kappa shape index (κ3) is 3.58. The summed E-state index contributed by atoms with van der Waals surface area (Å²) >= 11 is 1.70. The van der Waals surface area contributed by atoms with Crippen LogP contribution in [0.5, 0.6) is 0 Å². The zero-order chi connectivity index (χ0) is 13.7. The van der Waals surface area contributed by atoms with Crippen molar-refractivity contribution in [2.75, 3.05) is 6.26 Å². The Labute approximate surface area is 117 Å². The SMILES string of the molecule is CCCn1ncnc1CC(O)c1ccc(SC)cc1. The van der Waals surface area contributed by atoms with Crippen LogP contribution in [-0.2, 0) is 13.0 Å². The molecule has 0 bridgehead atoms. The highest BCUT2D eigenvalue weighted by Gasteiger charge is 2.13. The molecule has 2 rings (SSSR count). The van der Waals surface area contributed by atoms with Crippen LogP contribution in [0.1, 0.15) is 30.8 Å². The molecule has 1 N–H and O–H groups in total. The van der Waals surface area contributed by atoms with Crippen molar-refractivity contribution in [3.05, 3.63) is 42.0 Å². The summed E-state index contributed by atoms with van der Waals surface area (Å²) in [5.74, 6) is 0.836. The van der Waals surface area contributed by atoms with Gasteiger partial charge in [0.2, 0.25) is 0 Å². The molecule has 0 saturated carbocycles. The van der Waals surface area contributed by atoms with Crippen molar-refractivity contribution in [2.45, 2.75) is 37.3 Å². The van der Waals surface area contributed by atoms with Gasteiger partial charge in [0.25, 0.3) is 0 Å². The minimum Gasteiger partial charge on any atom is -0.388 e. The van der Waals surface area contributed by atoms with Crippen molar-refractivity contribution in [2.24, 2.45) is 0 Å². The molecular formula is C14H19N3OS. The van der Waals surface area contributed by atoms with Crippen molar-refractivity contribution in [1.29, 1.82) is 0 Å². The van der Waals surface area contributed by atoms with Crippen molar-refractivity contribution in [3.63, 3.8) is 0 Å². The second-order valence-electron chi connectivity index (χ2n) is 4.39. The first-order valence-electron chi connectivity index (χ1n) is 6.43. The predicted molar refractivity (Wildman–Crippen MR) is 77.2 cm³/mol. The first kappa shape index (κ1) is 14.1. The molecule has 19 heavy (non-hydrogen) atoms. The summed E-state index contributed by atoms with van der Waals surface area (Å²) < 4.78 is 1.86. The van der Waals surface area contributed by atoms with Gasteiger partial charge in [-0.25, -0.2) is 4.98 Å². The van der Waals surface area contributed by atoms with E-state index < -0.39 is 6.10 Å². The number of thioether (sulfide) groups is 1. The lowest BCUT2D eigenvalue weighted by atomic mass is 10.1. The normalized spacial score (nSPS) is 12.6. The van der Waals surface area contributed by atoms with Crippen LogP contribution in [0.4, 0.5) is 0 Å². The quantitative estimate of drug-likeness (QED) is 0.825. The van der Waals surface area contributed by atoms with E-state index >= 15 is 0 Å². The highest BCUT2D eigenvalue weighted by Crippen LogP contribution is 2.21. The van der Waals surface area contributed by atoms with E-state index in [1.807, 2.05) is 35.2 Å². The van der Waals surface area contributed by atoms with Crippen LogP contribution in [0, 0.1) is 0 Å². The third-order valence-electron chi connectivity index (χ3n) is 3.01. The Morgan fingerprint density at radius 2 is 2.05 bits per heavy atom. The van der Waals surface area contributed by atoms with Crippen molar-refractivity contribution in [1.82, 2.24) is 14.8 Å². The van der Waals surface area contributed by atoms with Gasteiger partial charge in [0, 0.05) is 17.9 Å². The molecular weight excluding hydrogens is 258 g/mol. The van der Waals surface area contributed by atoms with E-state index in [9.17, 15) is 5.11 Å². The highest BCUT2D eigenvalue weighted by atomic mass is 32.2. The molecule has 0 fully saturated rings. The number of hydrogen-bond donors (Lipinski definition) is 1. The third-order valence-corrected chi connectivity index (χ3v) is 3.75. The molecule has 0 saturated heterocycles. The number of hydrogen-bond acceptors (Lipinski definition) is 4. The molecule has 4 nitrogen and oxygen atoms in total. The molecule has 102 valence electrons. The first-order valence-corrected chi connectivity index (χ1v) is 7.65. The van der Waals surface area contributed by atoms with E-state index in [1.54, 1.807) is 18.1 Å². The average Bonchev–Trinajstić information content (AvgIpc) is 2.86. The lowest BCUT2D eigenvalue weighted by molar-refractivity contribution is 0.174. The van der Waals surface area contributed by atoms with Crippen LogP contribution in [0.3, 0.4) is 0 Å². The van der Waals surface area contributed by atoms with E-state index in [1.165, 1.54) is 4.90 Å². The van der Waals surface area contributed by atoms with Crippen LogP contribution in [0.2, 0.25) is 0 Å².